The summed E-state index contributed by atoms with van der Waals surface area (Å²) in [4.78, 5) is 4.44. The highest BCUT2D eigenvalue weighted by molar-refractivity contribution is 5.83. The number of nitrogens with zero attached hydrogens (tertiary/aromatic N) is 2. The average molecular weight is 266 g/mol. The molecule has 1 heterocycles. The number of rotatable bonds is 4. The number of aryl methyl sites for hydroxylation is 1. The molecule has 0 saturated heterocycles. The minimum absolute atomic E-state index is 0.102. The maximum absolute atomic E-state index is 5.76. The Bertz CT molecular complexity index is 717. The first kappa shape index (κ1) is 12.8. The number of hydrazine groups is 1. The van der Waals surface area contributed by atoms with Gasteiger partial charge in [-0.15, -0.1) is 0 Å². The Morgan fingerprint density at radius 3 is 2.75 bits per heavy atom. The predicted molar refractivity (Wildman–Crippen MR) is 81.0 cm³/mol. The van der Waals surface area contributed by atoms with E-state index in [1.807, 2.05) is 24.5 Å². The van der Waals surface area contributed by atoms with Crippen LogP contribution in [0.4, 0.5) is 0 Å². The zero-order chi connectivity index (χ0) is 13.9. The van der Waals surface area contributed by atoms with Crippen molar-refractivity contribution in [1.29, 1.82) is 0 Å². The van der Waals surface area contributed by atoms with E-state index in [4.69, 9.17) is 5.84 Å². The minimum Gasteiger partial charge on any atom is -0.334 e. The molecule has 20 heavy (non-hydrogen) atoms. The van der Waals surface area contributed by atoms with E-state index < -0.39 is 0 Å². The molecule has 1 aromatic heterocycles. The number of imidazole rings is 1. The zero-order valence-corrected chi connectivity index (χ0v) is 11.5. The third-order valence-corrected chi connectivity index (χ3v) is 3.62. The van der Waals surface area contributed by atoms with Gasteiger partial charge in [0.25, 0.3) is 0 Å². The van der Waals surface area contributed by atoms with Crippen molar-refractivity contribution in [1.82, 2.24) is 15.0 Å². The Morgan fingerprint density at radius 1 is 1.20 bits per heavy atom. The summed E-state index contributed by atoms with van der Waals surface area (Å²) in [5.41, 5.74) is 3.99. The van der Waals surface area contributed by atoms with Crippen molar-refractivity contribution in [3.63, 3.8) is 0 Å². The number of hydrogen-bond acceptors (Lipinski definition) is 3. The van der Waals surface area contributed by atoms with Crippen LogP contribution in [0.15, 0.2) is 54.9 Å². The van der Waals surface area contributed by atoms with Gasteiger partial charge in [-0.25, -0.2) is 10.4 Å². The van der Waals surface area contributed by atoms with Crippen molar-refractivity contribution < 1.29 is 0 Å². The van der Waals surface area contributed by atoms with E-state index in [-0.39, 0.29) is 6.04 Å². The quantitative estimate of drug-likeness (QED) is 0.564. The monoisotopic (exact) mass is 266 g/mol. The molecule has 3 aromatic rings. The van der Waals surface area contributed by atoms with Gasteiger partial charge in [0, 0.05) is 18.9 Å². The Labute approximate surface area is 118 Å². The molecular weight excluding hydrogens is 248 g/mol. The van der Waals surface area contributed by atoms with Crippen LogP contribution in [-0.2, 0) is 6.54 Å². The van der Waals surface area contributed by atoms with Gasteiger partial charge in [0.05, 0.1) is 0 Å². The number of fused-ring (bicyclic) bond motifs is 1. The molecule has 1 atom stereocenters. The fraction of sp³-hybridized carbons (Fsp3) is 0.188. The molecule has 0 saturated carbocycles. The smallest absolute Gasteiger partial charge is 0.131 e. The Morgan fingerprint density at radius 2 is 2.00 bits per heavy atom. The van der Waals surface area contributed by atoms with Gasteiger partial charge in [-0.2, -0.15) is 0 Å². The fourth-order valence-electron chi connectivity index (χ4n) is 2.56. The first-order valence-corrected chi connectivity index (χ1v) is 6.79. The van der Waals surface area contributed by atoms with Crippen molar-refractivity contribution in [2.24, 2.45) is 5.84 Å². The Balaban J connectivity index is 2.07. The van der Waals surface area contributed by atoms with Crippen molar-refractivity contribution in [2.45, 2.75) is 19.5 Å². The van der Waals surface area contributed by atoms with Crippen molar-refractivity contribution in [3.8, 4) is 0 Å². The molecule has 0 spiro atoms. The number of nitrogens with two attached hydrogens (primary N) is 1. The molecule has 3 N–H and O–H groups in total. The maximum atomic E-state index is 5.76. The lowest BCUT2D eigenvalue weighted by Gasteiger charge is -2.17. The van der Waals surface area contributed by atoms with Crippen LogP contribution in [0.1, 0.15) is 24.4 Å². The van der Waals surface area contributed by atoms with Gasteiger partial charge in [0.1, 0.15) is 11.9 Å². The lowest BCUT2D eigenvalue weighted by atomic mass is 10.0. The summed E-state index contributed by atoms with van der Waals surface area (Å²) in [6.07, 6.45) is 3.78. The molecule has 0 aliphatic rings. The largest absolute Gasteiger partial charge is 0.334 e. The SMILES string of the molecule is CCn1ccnc1C(NN)c1ccc2ccccc2c1. The lowest BCUT2D eigenvalue weighted by Crippen LogP contribution is -2.31. The van der Waals surface area contributed by atoms with Crippen molar-refractivity contribution >= 4 is 10.8 Å². The Kier molecular flexibility index (Phi) is 3.50. The molecule has 0 bridgehead atoms. The van der Waals surface area contributed by atoms with Crippen LogP contribution in [0.5, 0.6) is 0 Å². The molecular formula is C16H18N4. The van der Waals surface area contributed by atoms with Gasteiger partial charge in [-0.05, 0) is 29.3 Å². The van der Waals surface area contributed by atoms with E-state index in [0.717, 1.165) is 17.9 Å². The fourth-order valence-corrected chi connectivity index (χ4v) is 2.56. The number of benzene rings is 2. The second kappa shape index (κ2) is 5.45. The molecule has 0 radical (unpaired) electrons. The highest BCUT2D eigenvalue weighted by Gasteiger charge is 2.17. The van der Waals surface area contributed by atoms with Gasteiger partial charge in [-0.1, -0.05) is 36.4 Å². The van der Waals surface area contributed by atoms with Crippen LogP contribution in [0, 0.1) is 0 Å². The molecule has 0 aliphatic carbocycles. The highest BCUT2D eigenvalue weighted by atomic mass is 15.3. The highest BCUT2D eigenvalue weighted by Crippen LogP contribution is 2.24. The molecule has 2 aromatic carbocycles. The Hall–Kier alpha value is -2.17. The molecule has 1 unspecified atom stereocenters. The zero-order valence-electron chi connectivity index (χ0n) is 11.5. The van der Waals surface area contributed by atoms with Crippen LogP contribution in [-0.4, -0.2) is 9.55 Å². The summed E-state index contributed by atoms with van der Waals surface area (Å²) in [7, 11) is 0. The summed E-state index contributed by atoms with van der Waals surface area (Å²) >= 11 is 0. The number of aromatic nitrogens is 2. The molecule has 0 aliphatic heterocycles. The summed E-state index contributed by atoms with van der Waals surface area (Å²) in [6, 6.07) is 14.6. The average Bonchev–Trinajstić information content (AvgIpc) is 2.96. The molecule has 0 amide bonds. The summed E-state index contributed by atoms with van der Waals surface area (Å²) in [6.45, 7) is 2.97. The summed E-state index contributed by atoms with van der Waals surface area (Å²) in [5.74, 6) is 6.70. The van der Waals surface area contributed by atoms with Gasteiger partial charge in [0.15, 0.2) is 0 Å². The first-order chi connectivity index (χ1) is 9.83. The normalized spacial score (nSPS) is 12.7. The van der Waals surface area contributed by atoms with Gasteiger partial charge < -0.3 is 4.57 Å². The minimum atomic E-state index is -0.102. The third-order valence-electron chi connectivity index (χ3n) is 3.62. The van der Waals surface area contributed by atoms with Crippen LogP contribution >= 0.6 is 0 Å². The van der Waals surface area contributed by atoms with E-state index in [1.165, 1.54) is 10.8 Å². The van der Waals surface area contributed by atoms with E-state index in [1.54, 1.807) is 0 Å². The van der Waals surface area contributed by atoms with E-state index >= 15 is 0 Å². The maximum Gasteiger partial charge on any atom is 0.131 e. The number of nitrogens with one attached hydrogen (secondary N) is 1. The van der Waals surface area contributed by atoms with Crippen LogP contribution < -0.4 is 11.3 Å². The van der Waals surface area contributed by atoms with E-state index in [0.29, 0.717) is 0 Å². The van der Waals surface area contributed by atoms with Crippen molar-refractivity contribution in [2.75, 3.05) is 0 Å². The van der Waals surface area contributed by atoms with E-state index in [2.05, 4.69) is 52.2 Å². The third kappa shape index (κ3) is 2.19. The van der Waals surface area contributed by atoms with Crippen LogP contribution in [0.2, 0.25) is 0 Å². The number of hydrogen-bond donors (Lipinski definition) is 2. The molecule has 0 fully saturated rings. The topological polar surface area (TPSA) is 55.9 Å². The molecule has 3 rings (SSSR count). The van der Waals surface area contributed by atoms with Gasteiger partial charge in [-0.3, -0.25) is 5.84 Å². The standard InChI is InChI=1S/C16H18N4/c1-2-20-10-9-18-16(20)15(19-17)14-8-7-12-5-3-4-6-13(12)11-14/h3-11,15,19H,2,17H2,1H3. The van der Waals surface area contributed by atoms with Crippen molar-refractivity contribution in [3.05, 3.63) is 66.2 Å². The lowest BCUT2D eigenvalue weighted by molar-refractivity contribution is 0.561. The molecule has 4 nitrogen and oxygen atoms in total. The molecule has 4 heteroatoms. The van der Waals surface area contributed by atoms with Crippen LogP contribution in [0.25, 0.3) is 10.8 Å². The second-order valence-electron chi connectivity index (χ2n) is 4.78. The predicted octanol–water partition coefficient (Wildman–Crippen LogP) is 2.61. The summed E-state index contributed by atoms with van der Waals surface area (Å²) in [5, 5.41) is 2.44. The molecule has 102 valence electrons. The first-order valence-electron chi connectivity index (χ1n) is 6.79. The van der Waals surface area contributed by atoms with Crippen LogP contribution in [0.3, 0.4) is 0 Å². The second-order valence-corrected chi connectivity index (χ2v) is 4.78. The van der Waals surface area contributed by atoms with Gasteiger partial charge in [0.2, 0.25) is 0 Å². The van der Waals surface area contributed by atoms with E-state index in [9.17, 15) is 0 Å². The van der Waals surface area contributed by atoms with Gasteiger partial charge >= 0.3 is 0 Å². The summed E-state index contributed by atoms with van der Waals surface area (Å²) < 4.78 is 2.10.